The fourth-order valence-corrected chi connectivity index (χ4v) is 2.57. The molecule has 1 aromatic rings. The Morgan fingerprint density at radius 2 is 1.70 bits per heavy atom. The standard InChI is InChI=1S/C8H12.C7H10N2O2.C6H11NO.C4H10N2O.C4H10.CH5N/c1-4-6-8(3)7-5-2;8-7(9)5-2-1-4(10)3-6(5)11;8-5-6-1-3-7-4-2-6;1-2-6-4(7)3-5;1-4(2)3;1-2/h4-7H,1H2,2-3H3;1-3,7,10-11H,8-9H2;5-7H,1-4H2;2-3,5H2,1H3,(H,6,7);4H,1-3H3;2H2,1H3/b7-5-,8-6-;;;;;. The van der Waals surface area contributed by atoms with Gasteiger partial charge in [0.1, 0.15) is 17.8 Å². The minimum absolute atomic E-state index is 0.00750. The van der Waals surface area contributed by atoms with Crippen molar-refractivity contribution in [2.24, 2.45) is 34.8 Å². The van der Waals surface area contributed by atoms with Gasteiger partial charge in [0.25, 0.3) is 0 Å². The van der Waals surface area contributed by atoms with Crippen LogP contribution >= 0.6 is 0 Å². The number of hydrogen-bond donors (Lipinski definition) is 8. The number of likely N-dealkylation sites (N-methyl/N-ethyl adjacent to an activating group) is 1. The molecule has 1 amide bonds. The molecule has 12 N–H and O–H groups in total. The molecule has 0 atom stereocenters. The van der Waals surface area contributed by atoms with E-state index in [0.717, 1.165) is 38.1 Å². The molecule has 0 unspecified atom stereocenters. The number of carbonyl (C=O) groups excluding carboxylic acids is 2. The summed E-state index contributed by atoms with van der Waals surface area (Å²) in [4.78, 5) is 20.3. The quantitative estimate of drug-likeness (QED) is 0.144. The van der Waals surface area contributed by atoms with Gasteiger partial charge in [-0.2, -0.15) is 0 Å². The lowest BCUT2D eigenvalue weighted by molar-refractivity contribution is -0.119. The summed E-state index contributed by atoms with van der Waals surface area (Å²) in [5.41, 5.74) is 21.7. The molecule has 0 radical (unpaired) electrons. The van der Waals surface area contributed by atoms with E-state index in [9.17, 15) is 9.59 Å². The summed E-state index contributed by atoms with van der Waals surface area (Å²) in [5.74, 6) is 0.991. The van der Waals surface area contributed by atoms with Gasteiger partial charge in [-0.15, -0.1) is 0 Å². The van der Waals surface area contributed by atoms with Crippen molar-refractivity contribution in [2.45, 2.75) is 60.5 Å². The minimum Gasteiger partial charge on any atom is -0.508 e. The first kappa shape index (κ1) is 44.0. The van der Waals surface area contributed by atoms with E-state index < -0.39 is 6.17 Å². The van der Waals surface area contributed by atoms with Crippen molar-refractivity contribution in [3.05, 3.63) is 60.2 Å². The van der Waals surface area contributed by atoms with Crippen LogP contribution in [0.4, 0.5) is 0 Å². The predicted molar refractivity (Wildman–Crippen MR) is 170 cm³/mol. The first-order chi connectivity index (χ1) is 18.9. The molecule has 1 aliphatic heterocycles. The van der Waals surface area contributed by atoms with Crippen LogP contribution in [0, 0.1) is 11.8 Å². The summed E-state index contributed by atoms with van der Waals surface area (Å²) in [6.07, 6.45) is 10.2. The Kier molecular flexibility index (Phi) is 35.4. The van der Waals surface area contributed by atoms with Crippen LogP contribution in [0.5, 0.6) is 11.5 Å². The maximum absolute atomic E-state index is 10.2. The highest BCUT2D eigenvalue weighted by Gasteiger charge is 2.10. The second-order valence-electron chi connectivity index (χ2n) is 9.03. The molecular weight excluding hydrogens is 508 g/mol. The topological polar surface area (TPSA) is 203 Å². The predicted octanol–water partition coefficient (Wildman–Crippen LogP) is 3.21. The first-order valence-corrected chi connectivity index (χ1v) is 13.5. The lowest BCUT2D eigenvalue weighted by atomic mass is 10.0. The van der Waals surface area contributed by atoms with E-state index in [1.165, 1.54) is 30.8 Å². The van der Waals surface area contributed by atoms with Crippen molar-refractivity contribution < 1.29 is 19.8 Å². The highest BCUT2D eigenvalue weighted by Crippen LogP contribution is 2.24. The Labute approximate surface area is 243 Å². The Morgan fingerprint density at radius 1 is 1.18 bits per heavy atom. The highest BCUT2D eigenvalue weighted by molar-refractivity contribution is 5.77. The number of piperidine rings is 1. The van der Waals surface area contributed by atoms with Crippen molar-refractivity contribution in [1.29, 1.82) is 0 Å². The summed E-state index contributed by atoms with van der Waals surface area (Å²) in [7, 11) is 1.50. The molecule has 232 valence electrons. The van der Waals surface area contributed by atoms with Gasteiger partial charge in [0.15, 0.2) is 0 Å². The molecule has 1 fully saturated rings. The van der Waals surface area contributed by atoms with Crippen LogP contribution in [0.1, 0.15) is 66.1 Å². The van der Waals surface area contributed by atoms with Gasteiger partial charge in [0.2, 0.25) is 5.91 Å². The number of carbonyl (C=O) groups is 2. The molecule has 0 saturated carbocycles. The third kappa shape index (κ3) is 33.0. The third-order valence-corrected chi connectivity index (χ3v) is 4.32. The van der Waals surface area contributed by atoms with Crippen molar-refractivity contribution in [3.8, 4) is 11.5 Å². The number of aldehydes is 1. The molecule has 10 heteroatoms. The van der Waals surface area contributed by atoms with Crippen molar-refractivity contribution in [2.75, 3.05) is 33.2 Å². The van der Waals surface area contributed by atoms with Crippen LogP contribution in [0.2, 0.25) is 0 Å². The SMILES string of the molecule is C=C/C=C(C)\C=C/C.CC(C)C.CCNC(=O)CN.CN.NC(N)c1ccc(O)cc1O.O=CC1CCNCC1. The Hall–Kier alpha value is -3.02. The third-order valence-electron chi connectivity index (χ3n) is 4.32. The number of allylic oxidation sites excluding steroid dienone is 5. The molecule has 0 spiro atoms. The zero-order valence-electron chi connectivity index (χ0n) is 25.8. The molecule has 1 aromatic carbocycles. The second kappa shape index (κ2) is 32.2. The number of amides is 1. The molecule has 40 heavy (non-hydrogen) atoms. The molecule has 0 aromatic heterocycles. The van der Waals surface area contributed by atoms with E-state index >= 15 is 0 Å². The van der Waals surface area contributed by atoms with Gasteiger partial charge in [-0.05, 0) is 71.8 Å². The highest BCUT2D eigenvalue weighted by atomic mass is 16.3. The Balaban J connectivity index is -0.000000205. The zero-order valence-corrected chi connectivity index (χ0v) is 25.8. The lowest BCUT2D eigenvalue weighted by Gasteiger charge is -2.16. The van der Waals surface area contributed by atoms with Crippen LogP contribution in [-0.4, -0.2) is 55.6 Å². The largest absolute Gasteiger partial charge is 0.508 e. The van der Waals surface area contributed by atoms with E-state index in [-0.39, 0.29) is 24.0 Å². The van der Waals surface area contributed by atoms with E-state index in [1.807, 2.05) is 39.0 Å². The summed E-state index contributed by atoms with van der Waals surface area (Å²) >= 11 is 0. The number of phenolic OH excluding ortho intramolecular Hbond substituents is 2. The van der Waals surface area contributed by atoms with Crippen molar-refractivity contribution >= 4 is 12.2 Å². The Morgan fingerprint density at radius 3 is 2.00 bits per heavy atom. The fraction of sp³-hybridized carbons (Fsp3) is 0.533. The minimum atomic E-state index is -0.712. The fourth-order valence-electron chi connectivity index (χ4n) is 2.57. The monoisotopic (exact) mass is 566 g/mol. The zero-order chi connectivity index (χ0) is 31.9. The first-order valence-electron chi connectivity index (χ1n) is 13.5. The molecule has 1 aliphatic rings. The molecule has 10 nitrogen and oxygen atoms in total. The molecule has 1 saturated heterocycles. The number of nitrogens with two attached hydrogens (primary N) is 4. The summed E-state index contributed by atoms with van der Waals surface area (Å²) in [5, 5.41) is 23.7. The number of rotatable bonds is 6. The van der Waals surface area contributed by atoms with Gasteiger partial charge in [0, 0.05) is 24.1 Å². The maximum atomic E-state index is 10.2. The van der Waals surface area contributed by atoms with Gasteiger partial charge < -0.3 is 48.6 Å². The molecular formula is C30H58N6O4. The van der Waals surface area contributed by atoms with E-state index in [2.05, 4.69) is 43.7 Å². The second-order valence-corrected chi connectivity index (χ2v) is 9.03. The van der Waals surface area contributed by atoms with Crippen LogP contribution in [0.25, 0.3) is 0 Å². The van der Waals surface area contributed by atoms with Crippen molar-refractivity contribution in [1.82, 2.24) is 10.6 Å². The Bertz CT molecular complexity index is 803. The summed E-state index contributed by atoms with van der Waals surface area (Å²) in [6.45, 7) is 18.8. The number of benzene rings is 1. The van der Waals surface area contributed by atoms with Crippen LogP contribution in [-0.2, 0) is 9.59 Å². The number of aromatic hydroxyl groups is 2. The number of phenols is 2. The van der Waals surface area contributed by atoms with Gasteiger partial charge in [-0.25, -0.2) is 0 Å². The molecule has 0 aliphatic carbocycles. The smallest absolute Gasteiger partial charge is 0.233 e. The normalized spacial score (nSPS) is 12.5. The van der Waals surface area contributed by atoms with E-state index in [0.29, 0.717) is 18.0 Å². The van der Waals surface area contributed by atoms with Gasteiger partial charge in [-0.3, -0.25) is 4.79 Å². The van der Waals surface area contributed by atoms with Crippen LogP contribution in [0.3, 0.4) is 0 Å². The number of hydrogen-bond acceptors (Lipinski definition) is 9. The summed E-state index contributed by atoms with van der Waals surface area (Å²) < 4.78 is 0. The summed E-state index contributed by atoms with van der Waals surface area (Å²) in [6, 6.07) is 4.10. The van der Waals surface area contributed by atoms with Crippen LogP contribution in [0.15, 0.2) is 54.7 Å². The van der Waals surface area contributed by atoms with Crippen molar-refractivity contribution in [3.63, 3.8) is 0 Å². The molecule has 1 heterocycles. The van der Waals surface area contributed by atoms with Gasteiger partial charge in [0.05, 0.1) is 12.7 Å². The molecule has 0 bridgehead atoms. The average Bonchev–Trinajstić information content (AvgIpc) is 2.91. The van der Waals surface area contributed by atoms with E-state index in [4.69, 9.17) is 27.4 Å². The lowest BCUT2D eigenvalue weighted by Crippen LogP contribution is -2.29. The van der Waals surface area contributed by atoms with Crippen LogP contribution < -0.4 is 33.6 Å². The average molecular weight is 567 g/mol. The van der Waals surface area contributed by atoms with Gasteiger partial charge >= 0.3 is 0 Å². The van der Waals surface area contributed by atoms with E-state index in [1.54, 1.807) is 6.08 Å². The maximum Gasteiger partial charge on any atom is 0.233 e. The molecule has 2 rings (SSSR count). The van der Waals surface area contributed by atoms with Gasteiger partial charge in [-0.1, -0.05) is 57.2 Å². The number of nitrogens with one attached hydrogen (secondary N) is 2.